The second kappa shape index (κ2) is 6.77. The average Bonchev–Trinajstić information content (AvgIpc) is 2.69. The first kappa shape index (κ1) is 16.5. The van der Waals surface area contributed by atoms with Crippen LogP contribution >= 0.6 is 22.6 Å². The fourth-order valence-electron chi connectivity index (χ4n) is 2.91. The van der Waals surface area contributed by atoms with Crippen LogP contribution in [0.15, 0.2) is 23.9 Å². The molecule has 1 aliphatic rings. The summed E-state index contributed by atoms with van der Waals surface area (Å²) in [5.74, 6) is -0.182. The van der Waals surface area contributed by atoms with Crippen LogP contribution in [0.25, 0.3) is 0 Å². The summed E-state index contributed by atoms with van der Waals surface area (Å²) in [5.41, 5.74) is 1.99. The lowest BCUT2D eigenvalue weighted by Crippen LogP contribution is -2.47. The van der Waals surface area contributed by atoms with Gasteiger partial charge < -0.3 is 9.64 Å². The summed E-state index contributed by atoms with van der Waals surface area (Å²) >= 11 is 2.41. The predicted octanol–water partition coefficient (Wildman–Crippen LogP) is 3.69. The van der Waals surface area contributed by atoms with Gasteiger partial charge in [-0.3, -0.25) is 0 Å². The van der Waals surface area contributed by atoms with Crippen LogP contribution in [0, 0.1) is 0 Å². The molecule has 0 bridgehead atoms. The van der Waals surface area contributed by atoms with Crippen LogP contribution in [0.4, 0.5) is 0 Å². The molecular formula is C15H24INO2. The molecule has 0 saturated carbocycles. The molecule has 0 aromatic rings. The minimum atomic E-state index is -0.182. The van der Waals surface area contributed by atoms with Gasteiger partial charge in [-0.25, -0.2) is 4.79 Å². The molecule has 1 atom stereocenters. The van der Waals surface area contributed by atoms with Crippen molar-refractivity contribution in [2.24, 2.45) is 0 Å². The molecule has 1 aliphatic heterocycles. The van der Waals surface area contributed by atoms with Crippen LogP contribution in [0.5, 0.6) is 0 Å². The van der Waals surface area contributed by atoms with E-state index in [-0.39, 0.29) is 11.5 Å². The molecule has 0 aliphatic carbocycles. The Morgan fingerprint density at radius 1 is 1.63 bits per heavy atom. The zero-order valence-corrected chi connectivity index (χ0v) is 14.5. The zero-order valence-electron chi connectivity index (χ0n) is 12.3. The standard InChI is InChI=1S/C15H24INO2/c1-6-7-8-13-12(14(18)19-5)9-15(4,10-16)17(13)11(2)3/h6,11H,1,7-10H2,2-5H3. The molecule has 3 nitrogen and oxygen atoms in total. The first-order chi connectivity index (χ1) is 8.91. The van der Waals surface area contributed by atoms with Crippen molar-refractivity contribution in [3.05, 3.63) is 23.9 Å². The monoisotopic (exact) mass is 377 g/mol. The third-order valence-corrected chi connectivity index (χ3v) is 5.24. The van der Waals surface area contributed by atoms with Gasteiger partial charge in [-0.15, -0.1) is 6.58 Å². The van der Waals surface area contributed by atoms with Gasteiger partial charge in [-0.2, -0.15) is 0 Å². The lowest BCUT2D eigenvalue weighted by atomic mass is 9.97. The normalized spacial score (nSPS) is 23.2. The van der Waals surface area contributed by atoms with Gasteiger partial charge in [0.15, 0.2) is 0 Å². The molecule has 1 rings (SSSR count). The molecule has 0 aromatic heterocycles. The van der Waals surface area contributed by atoms with Crippen molar-refractivity contribution in [2.45, 2.75) is 51.6 Å². The Morgan fingerprint density at radius 2 is 2.26 bits per heavy atom. The lowest BCUT2D eigenvalue weighted by molar-refractivity contribution is -0.136. The van der Waals surface area contributed by atoms with E-state index in [2.05, 4.69) is 54.8 Å². The maximum atomic E-state index is 12.0. The SMILES string of the molecule is C=CCCC1=C(C(=O)OC)CC(C)(CI)N1C(C)C. The minimum absolute atomic E-state index is 0.00868. The Kier molecular flexibility index (Phi) is 5.89. The summed E-state index contributed by atoms with van der Waals surface area (Å²) in [4.78, 5) is 14.4. The van der Waals surface area contributed by atoms with Crippen LogP contribution in [-0.2, 0) is 9.53 Å². The molecule has 0 fully saturated rings. The second-order valence-electron chi connectivity index (χ2n) is 5.52. The molecule has 1 heterocycles. The van der Waals surface area contributed by atoms with E-state index in [0.717, 1.165) is 35.0 Å². The van der Waals surface area contributed by atoms with E-state index in [4.69, 9.17) is 4.74 Å². The fraction of sp³-hybridized carbons (Fsp3) is 0.667. The highest BCUT2D eigenvalue weighted by Crippen LogP contribution is 2.42. The number of alkyl halides is 1. The van der Waals surface area contributed by atoms with Gasteiger partial charge in [0.1, 0.15) is 0 Å². The van der Waals surface area contributed by atoms with Crippen LogP contribution in [0.3, 0.4) is 0 Å². The molecule has 1 unspecified atom stereocenters. The minimum Gasteiger partial charge on any atom is -0.466 e. The highest BCUT2D eigenvalue weighted by molar-refractivity contribution is 14.1. The van der Waals surface area contributed by atoms with E-state index in [9.17, 15) is 4.79 Å². The number of nitrogens with zero attached hydrogens (tertiary/aromatic N) is 1. The second-order valence-corrected chi connectivity index (χ2v) is 6.28. The summed E-state index contributed by atoms with van der Waals surface area (Å²) in [6.07, 6.45) is 4.42. The summed E-state index contributed by atoms with van der Waals surface area (Å²) in [6, 6.07) is 0.377. The van der Waals surface area contributed by atoms with Crippen LogP contribution in [0.1, 0.15) is 40.0 Å². The van der Waals surface area contributed by atoms with Gasteiger partial charge >= 0.3 is 5.97 Å². The van der Waals surface area contributed by atoms with Gasteiger partial charge in [0.25, 0.3) is 0 Å². The number of hydrogen-bond donors (Lipinski definition) is 0. The summed E-state index contributed by atoms with van der Waals surface area (Å²) < 4.78 is 5.95. The highest BCUT2D eigenvalue weighted by Gasteiger charge is 2.43. The molecule has 108 valence electrons. The van der Waals surface area contributed by atoms with Gasteiger partial charge in [0.05, 0.1) is 18.2 Å². The van der Waals surface area contributed by atoms with E-state index in [1.165, 1.54) is 7.11 Å². The van der Waals surface area contributed by atoms with Crippen molar-refractivity contribution < 1.29 is 9.53 Å². The average molecular weight is 377 g/mol. The van der Waals surface area contributed by atoms with Crippen LogP contribution in [0.2, 0.25) is 0 Å². The lowest BCUT2D eigenvalue weighted by Gasteiger charge is -2.41. The van der Waals surface area contributed by atoms with Crippen molar-refractivity contribution in [3.8, 4) is 0 Å². The molecule has 0 spiro atoms. The van der Waals surface area contributed by atoms with Crippen molar-refractivity contribution in [2.75, 3.05) is 11.5 Å². The maximum Gasteiger partial charge on any atom is 0.335 e. The Hall–Kier alpha value is -0.520. The number of esters is 1. The highest BCUT2D eigenvalue weighted by atomic mass is 127. The number of halogens is 1. The smallest absolute Gasteiger partial charge is 0.335 e. The summed E-state index contributed by atoms with van der Waals surface area (Å²) in [6.45, 7) is 10.4. The van der Waals surface area contributed by atoms with Gasteiger partial charge in [0, 0.05) is 22.6 Å². The van der Waals surface area contributed by atoms with Crippen LogP contribution in [-0.4, -0.2) is 34.0 Å². The Bertz CT molecular complexity index is 390. The number of carbonyl (C=O) groups excluding carboxylic acids is 1. The number of hydrogen-bond acceptors (Lipinski definition) is 3. The molecule has 19 heavy (non-hydrogen) atoms. The third kappa shape index (κ3) is 3.33. The Balaban J connectivity index is 3.20. The van der Waals surface area contributed by atoms with Crippen molar-refractivity contribution >= 4 is 28.6 Å². The van der Waals surface area contributed by atoms with Gasteiger partial charge in [-0.1, -0.05) is 28.7 Å². The van der Waals surface area contributed by atoms with E-state index >= 15 is 0 Å². The third-order valence-electron chi connectivity index (χ3n) is 3.60. The van der Waals surface area contributed by atoms with E-state index in [1.807, 2.05) is 6.08 Å². The number of ether oxygens (including phenoxy) is 1. The number of rotatable bonds is 6. The first-order valence-corrected chi connectivity index (χ1v) is 8.20. The number of allylic oxidation sites excluding steroid dienone is 2. The molecule has 0 radical (unpaired) electrons. The van der Waals surface area contributed by atoms with E-state index in [0.29, 0.717) is 6.04 Å². The predicted molar refractivity (Wildman–Crippen MR) is 87.4 cm³/mol. The Morgan fingerprint density at radius 3 is 2.68 bits per heavy atom. The van der Waals surface area contributed by atoms with Gasteiger partial charge in [-0.05, 0) is 33.6 Å². The molecule has 4 heteroatoms. The van der Waals surface area contributed by atoms with Crippen LogP contribution < -0.4 is 0 Å². The zero-order chi connectivity index (χ0) is 14.6. The van der Waals surface area contributed by atoms with Crippen molar-refractivity contribution in [1.29, 1.82) is 0 Å². The van der Waals surface area contributed by atoms with Crippen molar-refractivity contribution in [3.63, 3.8) is 0 Å². The van der Waals surface area contributed by atoms with Crippen molar-refractivity contribution in [1.82, 2.24) is 4.90 Å². The molecule has 0 amide bonds. The molecular weight excluding hydrogens is 353 g/mol. The number of carbonyl (C=O) groups is 1. The first-order valence-electron chi connectivity index (χ1n) is 6.67. The maximum absolute atomic E-state index is 12.0. The largest absolute Gasteiger partial charge is 0.466 e. The Labute approximate surface area is 130 Å². The summed E-state index contributed by atoms with van der Waals surface area (Å²) in [5, 5.41) is 0. The van der Waals surface area contributed by atoms with Gasteiger partial charge in [0.2, 0.25) is 0 Å². The number of methoxy groups -OCH3 is 1. The quantitative estimate of drug-likeness (QED) is 0.306. The van der Waals surface area contributed by atoms with E-state index in [1.54, 1.807) is 0 Å². The summed E-state index contributed by atoms with van der Waals surface area (Å²) in [7, 11) is 1.46. The fourth-order valence-corrected chi connectivity index (χ4v) is 3.55. The molecule has 0 aromatic carbocycles. The topological polar surface area (TPSA) is 29.5 Å². The molecule has 0 N–H and O–H groups in total. The molecule has 0 saturated heterocycles. The van der Waals surface area contributed by atoms with E-state index < -0.39 is 0 Å².